The van der Waals surface area contributed by atoms with Gasteiger partial charge in [0, 0.05) is 22.9 Å². The van der Waals surface area contributed by atoms with Crippen LogP contribution < -0.4 is 14.4 Å². The third-order valence-electron chi connectivity index (χ3n) is 7.12. The number of hydrogen-bond donors (Lipinski definition) is 1. The van der Waals surface area contributed by atoms with E-state index in [1.165, 1.54) is 20.5 Å². The van der Waals surface area contributed by atoms with Crippen LogP contribution in [0.5, 0.6) is 11.5 Å². The van der Waals surface area contributed by atoms with Crippen LogP contribution in [-0.4, -0.2) is 42.2 Å². The molecule has 2 fully saturated rings. The van der Waals surface area contributed by atoms with Crippen LogP contribution in [0.25, 0.3) is 17.0 Å². The summed E-state index contributed by atoms with van der Waals surface area (Å²) in [6.45, 7) is 0. The highest BCUT2D eigenvalue weighted by Gasteiger charge is 2.49. The smallest absolute Gasteiger partial charge is 0.299 e. The van der Waals surface area contributed by atoms with Crippen LogP contribution in [0.4, 0.5) is 5.69 Å². The molecule has 0 bridgehead atoms. The lowest BCUT2D eigenvalue weighted by molar-refractivity contribution is -0.132. The molecule has 1 saturated heterocycles. The zero-order chi connectivity index (χ0) is 25.2. The van der Waals surface area contributed by atoms with E-state index in [9.17, 15) is 14.7 Å². The van der Waals surface area contributed by atoms with Crippen molar-refractivity contribution in [1.29, 1.82) is 0 Å². The van der Waals surface area contributed by atoms with Gasteiger partial charge in [-0.1, -0.05) is 36.6 Å². The first-order chi connectivity index (χ1) is 17.5. The molecule has 1 N–H and O–H groups in total. The predicted octanol–water partition coefficient (Wildman–Crippen LogP) is 5.19. The number of ketones is 1. The van der Waals surface area contributed by atoms with Crippen molar-refractivity contribution in [3.8, 4) is 22.8 Å². The molecule has 2 aromatic carbocycles. The van der Waals surface area contributed by atoms with Crippen LogP contribution in [-0.2, 0) is 9.59 Å². The fourth-order valence-corrected chi connectivity index (χ4v) is 5.33. The molecule has 1 atom stereocenters. The van der Waals surface area contributed by atoms with Gasteiger partial charge in [0.2, 0.25) is 0 Å². The van der Waals surface area contributed by atoms with Crippen LogP contribution in [0.2, 0.25) is 0 Å². The highest BCUT2D eigenvalue weighted by molar-refractivity contribution is 6.51. The van der Waals surface area contributed by atoms with E-state index in [0.717, 1.165) is 37.7 Å². The molecule has 1 aliphatic heterocycles. The van der Waals surface area contributed by atoms with E-state index in [4.69, 9.17) is 14.0 Å². The Morgan fingerprint density at radius 3 is 2.33 bits per heavy atom. The third-order valence-corrected chi connectivity index (χ3v) is 7.12. The number of nitrogens with zero attached hydrogens (tertiary/aromatic N) is 2. The van der Waals surface area contributed by atoms with Crippen molar-refractivity contribution in [1.82, 2.24) is 5.16 Å². The summed E-state index contributed by atoms with van der Waals surface area (Å²) in [4.78, 5) is 28.4. The fraction of sp³-hybridized carbons (Fsp3) is 0.321. The molecule has 0 spiro atoms. The zero-order valence-electron chi connectivity index (χ0n) is 20.3. The van der Waals surface area contributed by atoms with Gasteiger partial charge in [0.25, 0.3) is 11.7 Å². The van der Waals surface area contributed by atoms with Crippen molar-refractivity contribution >= 4 is 23.1 Å². The number of aliphatic hydroxyl groups is 1. The highest BCUT2D eigenvalue weighted by atomic mass is 16.5. The number of hydrogen-bond acceptors (Lipinski definition) is 7. The zero-order valence-corrected chi connectivity index (χ0v) is 20.3. The van der Waals surface area contributed by atoms with Gasteiger partial charge in [0.15, 0.2) is 11.5 Å². The molecule has 5 rings (SSSR count). The lowest BCUT2D eigenvalue weighted by Crippen LogP contribution is -2.40. The van der Waals surface area contributed by atoms with E-state index in [-0.39, 0.29) is 17.3 Å². The van der Waals surface area contributed by atoms with Crippen LogP contribution in [0.3, 0.4) is 0 Å². The Morgan fingerprint density at radius 1 is 0.972 bits per heavy atom. The number of methoxy groups -OCH3 is 2. The molecular formula is C28H28N2O6. The molecule has 2 aliphatic rings. The maximum Gasteiger partial charge on any atom is 0.299 e. The lowest BCUT2D eigenvalue weighted by Gasteiger charge is -2.34. The van der Waals surface area contributed by atoms with Gasteiger partial charge in [-0.3, -0.25) is 14.5 Å². The third kappa shape index (κ3) is 4.12. The number of amides is 1. The molecule has 8 nitrogen and oxygen atoms in total. The first-order valence-electron chi connectivity index (χ1n) is 12.1. The monoisotopic (exact) mass is 488 g/mol. The number of benzene rings is 2. The normalized spacial score (nSPS) is 20.1. The minimum atomic E-state index is -0.682. The van der Waals surface area contributed by atoms with Crippen LogP contribution in [0.15, 0.2) is 64.9 Å². The maximum atomic E-state index is 13.4. The second kappa shape index (κ2) is 9.89. The van der Waals surface area contributed by atoms with Crippen molar-refractivity contribution in [2.75, 3.05) is 19.1 Å². The molecule has 8 heteroatoms. The van der Waals surface area contributed by atoms with Crippen molar-refractivity contribution < 1.29 is 28.7 Å². The molecular weight excluding hydrogens is 460 g/mol. The highest BCUT2D eigenvalue weighted by Crippen LogP contribution is 2.42. The van der Waals surface area contributed by atoms with Crippen molar-refractivity contribution in [2.45, 2.75) is 38.1 Å². The second-order valence-electron chi connectivity index (χ2n) is 9.11. The van der Waals surface area contributed by atoms with Gasteiger partial charge in [-0.05, 0) is 49.1 Å². The van der Waals surface area contributed by atoms with E-state index in [2.05, 4.69) is 5.16 Å². The van der Waals surface area contributed by atoms with Gasteiger partial charge in [-0.15, -0.1) is 0 Å². The van der Waals surface area contributed by atoms with E-state index < -0.39 is 17.7 Å². The van der Waals surface area contributed by atoms with Gasteiger partial charge in [-0.25, -0.2) is 0 Å². The molecule has 1 amide bonds. The molecule has 2 heterocycles. The minimum Gasteiger partial charge on any atom is -0.507 e. The molecule has 3 aromatic rings. The molecule has 1 aromatic heterocycles. The summed E-state index contributed by atoms with van der Waals surface area (Å²) in [5, 5.41) is 15.3. The first kappa shape index (κ1) is 23.7. The number of aliphatic hydroxyl groups excluding tert-OH is 1. The standard InChI is InChI=1S/C28H28N2O6/c1-34-22-13-10-19(16-23(22)35-2)26(31)24-25(18-6-4-3-5-7-18)30(28(33)27(24)32)20-11-8-17(9-12-20)21-14-15-36-29-21/h8-16,18,25,31H,3-7H2,1-2H3. The van der Waals surface area contributed by atoms with Crippen molar-refractivity contribution in [3.63, 3.8) is 0 Å². The number of Topliss-reactive ketones (excluding diaryl/α,β-unsaturated/α-hetero) is 1. The molecule has 1 aliphatic carbocycles. The lowest BCUT2D eigenvalue weighted by atomic mass is 9.80. The summed E-state index contributed by atoms with van der Waals surface area (Å²) in [6.07, 6.45) is 6.42. The first-order valence-corrected chi connectivity index (χ1v) is 12.1. The van der Waals surface area contributed by atoms with Crippen molar-refractivity contribution in [2.24, 2.45) is 5.92 Å². The van der Waals surface area contributed by atoms with E-state index >= 15 is 0 Å². The Labute approximate surface area is 209 Å². The molecule has 36 heavy (non-hydrogen) atoms. The number of carbonyl (C=O) groups excluding carboxylic acids is 2. The van der Waals surface area contributed by atoms with E-state index in [0.29, 0.717) is 28.4 Å². The molecule has 0 radical (unpaired) electrons. The molecule has 1 saturated carbocycles. The van der Waals surface area contributed by atoms with E-state index in [1.54, 1.807) is 41.3 Å². The molecule has 1 unspecified atom stereocenters. The van der Waals surface area contributed by atoms with Crippen molar-refractivity contribution in [3.05, 3.63) is 65.9 Å². The Hall–Kier alpha value is -4.07. The Bertz CT molecular complexity index is 1290. The number of anilines is 1. The minimum absolute atomic E-state index is 0.0571. The summed E-state index contributed by atoms with van der Waals surface area (Å²) in [5.74, 6) is -0.535. The number of ether oxygens (including phenoxy) is 2. The van der Waals surface area contributed by atoms with Crippen LogP contribution in [0, 0.1) is 5.92 Å². The van der Waals surface area contributed by atoms with Gasteiger partial charge in [0.05, 0.1) is 25.8 Å². The average Bonchev–Trinajstić information content (AvgIpc) is 3.55. The van der Waals surface area contributed by atoms with Gasteiger partial charge >= 0.3 is 0 Å². The van der Waals surface area contributed by atoms with Gasteiger partial charge in [0.1, 0.15) is 17.7 Å². The van der Waals surface area contributed by atoms with Gasteiger partial charge in [-0.2, -0.15) is 0 Å². The predicted molar refractivity (Wildman–Crippen MR) is 134 cm³/mol. The summed E-state index contributed by atoms with van der Waals surface area (Å²) in [7, 11) is 3.03. The Morgan fingerprint density at radius 2 is 1.69 bits per heavy atom. The average molecular weight is 489 g/mol. The fourth-order valence-electron chi connectivity index (χ4n) is 5.33. The van der Waals surface area contributed by atoms with Crippen LogP contribution >= 0.6 is 0 Å². The summed E-state index contributed by atoms with van der Waals surface area (Å²) < 4.78 is 15.6. The SMILES string of the molecule is COc1ccc(C(O)=C2C(=O)C(=O)N(c3ccc(-c4ccon4)cc3)C2C2CCCCC2)cc1OC. The largest absolute Gasteiger partial charge is 0.507 e. The number of rotatable bonds is 6. The summed E-state index contributed by atoms with van der Waals surface area (Å²) in [5.41, 5.74) is 2.66. The quantitative estimate of drug-likeness (QED) is 0.289. The second-order valence-corrected chi connectivity index (χ2v) is 9.11. The molecule has 186 valence electrons. The van der Waals surface area contributed by atoms with Crippen LogP contribution in [0.1, 0.15) is 37.7 Å². The number of carbonyl (C=O) groups is 2. The van der Waals surface area contributed by atoms with E-state index in [1.807, 2.05) is 12.1 Å². The Balaban J connectivity index is 1.60. The van der Waals surface area contributed by atoms with Gasteiger partial charge < -0.3 is 19.1 Å². The maximum absolute atomic E-state index is 13.4. The topological polar surface area (TPSA) is 102 Å². The summed E-state index contributed by atoms with van der Waals surface area (Å²) in [6, 6.07) is 13.5. The number of aromatic nitrogens is 1. The Kier molecular flexibility index (Phi) is 6.50. The summed E-state index contributed by atoms with van der Waals surface area (Å²) >= 11 is 0.